The van der Waals surface area contributed by atoms with Gasteiger partial charge in [-0.3, -0.25) is 5.32 Å². The van der Waals surface area contributed by atoms with E-state index in [1.165, 1.54) is 6.42 Å². The molecule has 0 aromatic carbocycles. The van der Waals surface area contributed by atoms with Gasteiger partial charge in [0.2, 0.25) is 0 Å². The quantitative estimate of drug-likeness (QED) is 0.475. The molecule has 1 aliphatic rings. The molecule has 0 aromatic heterocycles. The van der Waals surface area contributed by atoms with Crippen molar-refractivity contribution < 1.29 is 4.55 Å². The molecule has 3 heteroatoms. The van der Waals surface area contributed by atoms with Gasteiger partial charge in [-0.05, 0) is 30.6 Å². The van der Waals surface area contributed by atoms with Gasteiger partial charge in [-0.15, -0.1) is 0 Å². The van der Waals surface area contributed by atoms with Crippen molar-refractivity contribution in [3.63, 3.8) is 0 Å². The van der Waals surface area contributed by atoms with E-state index in [0.717, 1.165) is 18.7 Å². The van der Waals surface area contributed by atoms with Crippen LogP contribution < -0.4 is 5.32 Å². The maximum atomic E-state index is 10.7. The van der Waals surface area contributed by atoms with Crippen molar-refractivity contribution in [1.29, 1.82) is 0 Å². The van der Waals surface area contributed by atoms with E-state index in [1.807, 2.05) is 0 Å². The zero-order valence-electron chi connectivity index (χ0n) is 4.85. The predicted octanol–water partition coefficient (Wildman–Crippen LogP) is 0.0760. The molecule has 1 aliphatic heterocycles. The molecule has 8 heavy (non-hydrogen) atoms. The van der Waals surface area contributed by atoms with Gasteiger partial charge in [0.1, 0.15) is 5.75 Å². The average molecular weight is 133 g/mol. The smallest absolute Gasteiger partial charge is 0.157 e. The van der Waals surface area contributed by atoms with Crippen molar-refractivity contribution in [1.82, 2.24) is 5.32 Å². The molecule has 1 unspecified atom stereocenters. The highest BCUT2D eigenvalue weighted by atomic mass is 32.2. The van der Waals surface area contributed by atoms with E-state index >= 15 is 0 Å². The van der Waals surface area contributed by atoms with Gasteiger partial charge in [0.15, 0.2) is 5.88 Å². The Hall–Kier alpha value is 0.270. The van der Waals surface area contributed by atoms with Gasteiger partial charge in [0.05, 0.1) is 0 Å². The lowest BCUT2D eigenvalue weighted by Gasteiger charge is -2.04. The summed E-state index contributed by atoms with van der Waals surface area (Å²) in [5.41, 5.74) is 0. The van der Waals surface area contributed by atoms with E-state index in [2.05, 4.69) is 5.32 Å². The van der Waals surface area contributed by atoms with Crippen LogP contribution in [0.15, 0.2) is 0 Å². The molecule has 0 radical (unpaired) electrons. The first kappa shape index (κ1) is 6.39. The number of hydrogen-bond acceptors (Lipinski definition) is 2. The van der Waals surface area contributed by atoms with Crippen LogP contribution in [0.5, 0.6) is 0 Å². The normalized spacial score (nSPS) is 31.9. The van der Waals surface area contributed by atoms with Crippen molar-refractivity contribution in [2.45, 2.75) is 12.8 Å². The summed E-state index contributed by atoms with van der Waals surface area (Å²) in [6.45, 7) is 1.05. The maximum absolute atomic E-state index is 10.7. The summed E-state index contributed by atoms with van der Waals surface area (Å²) in [5.74, 6) is 1.60. The van der Waals surface area contributed by atoms with Gasteiger partial charge < -0.3 is 4.55 Å². The van der Waals surface area contributed by atoms with Gasteiger partial charge in [0.25, 0.3) is 0 Å². The summed E-state index contributed by atoms with van der Waals surface area (Å²) in [6.07, 6.45) is 2.31. The van der Waals surface area contributed by atoms with Crippen LogP contribution >= 0.6 is 0 Å². The molecule has 0 spiro atoms. The molecule has 1 saturated heterocycles. The molecule has 1 atom stereocenters. The molecule has 2 nitrogen and oxygen atoms in total. The summed E-state index contributed by atoms with van der Waals surface area (Å²) in [7, 11) is 0. The summed E-state index contributed by atoms with van der Waals surface area (Å²) in [6, 6.07) is 0. The van der Waals surface area contributed by atoms with Crippen molar-refractivity contribution in [3.05, 3.63) is 0 Å². The lowest BCUT2D eigenvalue weighted by Crippen LogP contribution is -2.21. The van der Waals surface area contributed by atoms with Gasteiger partial charge >= 0.3 is 0 Å². The van der Waals surface area contributed by atoms with Gasteiger partial charge in [-0.1, -0.05) is 0 Å². The molecular formula is C5H11NOS. The molecule has 0 bridgehead atoms. The zero-order chi connectivity index (χ0) is 5.82. The molecule has 1 heterocycles. The fourth-order valence-electron chi connectivity index (χ4n) is 0.771. The highest BCUT2D eigenvalue weighted by molar-refractivity contribution is 7.91. The van der Waals surface area contributed by atoms with Gasteiger partial charge in [-0.2, -0.15) is 0 Å². The lowest BCUT2D eigenvalue weighted by atomic mass is 10.3. The van der Waals surface area contributed by atoms with Crippen LogP contribution in [0.25, 0.3) is 0 Å². The standard InChI is InChI=1S/C5H11NOS/c7-8-4-2-1-3-6-5-8/h6H,1-5H2. The fourth-order valence-corrected chi connectivity index (χ4v) is 1.81. The lowest BCUT2D eigenvalue weighted by molar-refractivity contribution is 0.592. The van der Waals surface area contributed by atoms with Gasteiger partial charge in [0, 0.05) is 0 Å². The predicted molar refractivity (Wildman–Crippen MR) is 35.1 cm³/mol. The average Bonchev–Trinajstić information content (AvgIpc) is 1.94. The van der Waals surface area contributed by atoms with E-state index < -0.39 is 11.2 Å². The second-order valence-corrected chi connectivity index (χ2v) is 3.57. The Morgan fingerprint density at radius 2 is 2.25 bits per heavy atom. The maximum Gasteiger partial charge on any atom is 0.157 e. The highest BCUT2D eigenvalue weighted by Gasteiger charge is 2.07. The minimum absolute atomic E-state index is 0.569. The Kier molecular flexibility index (Phi) is 2.66. The number of hydrogen-bond donors (Lipinski definition) is 1. The Morgan fingerprint density at radius 1 is 1.38 bits per heavy atom. The molecule has 1 N–H and O–H groups in total. The van der Waals surface area contributed by atoms with Crippen LogP contribution in [0, 0.1) is 0 Å². The molecule has 0 aliphatic carbocycles. The summed E-state index contributed by atoms with van der Waals surface area (Å²) in [4.78, 5) is 0. The molecule has 0 saturated carbocycles. The first-order chi connectivity index (χ1) is 3.89. The molecule has 1 fully saturated rings. The monoisotopic (exact) mass is 133 g/mol. The first-order valence-electron chi connectivity index (χ1n) is 2.95. The Balaban J connectivity index is 2.17. The van der Waals surface area contributed by atoms with E-state index in [9.17, 15) is 4.55 Å². The van der Waals surface area contributed by atoms with Crippen LogP contribution in [0.1, 0.15) is 12.8 Å². The second-order valence-electron chi connectivity index (χ2n) is 2.00. The zero-order valence-corrected chi connectivity index (χ0v) is 5.67. The summed E-state index contributed by atoms with van der Waals surface area (Å²) < 4.78 is 10.7. The molecular weight excluding hydrogens is 122 g/mol. The molecule has 1 rings (SSSR count). The van der Waals surface area contributed by atoms with Crippen molar-refractivity contribution >= 4 is 11.2 Å². The SMILES string of the molecule is [O-][S+]1CCCCNC1. The van der Waals surface area contributed by atoms with E-state index in [1.54, 1.807) is 0 Å². The van der Waals surface area contributed by atoms with Crippen LogP contribution in [-0.4, -0.2) is 22.7 Å². The first-order valence-corrected chi connectivity index (χ1v) is 4.44. The summed E-state index contributed by atoms with van der Waals surface area (Å²) >= 11 is -0.569. The Morgan fingerprint density at radius 3 is 3.12 bits per heavy atom. The van der Waals surface area contributed by atoms with Crippen molar-refractivity contribution in [2.75, 3.05) is 18.2 Å². The van der Waals surface area contributed by atoms with Crippen molar-refractivity contribution in [2.24, 2.45) is 0 Å². The second kappa shape index (κ2) is 3.33. The molecule has 0 amide bonds. The van der Waals surface area contributed by atoms with E-state index in [-0.39, 0.29) is 0 Å². The number of rotatable bonds is 0. The van der Waals surface area contributed by atoms with Gasteiger partial charge in [-0.25, -0.2) is 0 Å². The Labute approximate surface area is 52.8 Å². The van der Waals surface area contributed by atoms with Crippen LogP contribution in [0.3, 0.4) is 0 Å². The minimum Gasteiger partial charge on any atom is -0.615 e. The van der Waals surface area contributed by atoms with Crippen LogP contribution in [0.2, 0.25) is 0 Å². The third-order valence-electron chi connectivity index (χ3n) is 1.24. The third-order valence-corrected chi connectivity index (χ3v) is 2.51. The minimum atomic E-state index is -0.569. The van der Waals surface area contributed by atoms with Crippen molar-refractivity contribution in [3.8, 4) is 0 Å². The number of nitrogens with one attached hydrogen (secondary N) is 1. The fraction of sp³-hybridized carbons (Fsp3) is 1.00. The van der Waals surface area contributed by atoms with E-state index in [0.29, 0.717) is 5.88 Å². The van der Waals surface area contributed by atoms with Crippen LogP contribution in [0.4, 0.5) is 0 Å². The summed E-state index contributed by atoms with van der Waals surface area (Å²) in [5, 5.41) is 3.10. The van der Waals surface area contributed by atoms with Crippen LogP contribution in [-0.2, 0) is 11.2 Å². The van der Waals surface area contributed by atoms with E-state index in [4.69, 9.17) is 0 Å². The largest absolute Gasteiger partial charge is 0.615 e. The highest BCUT2D eigenvalue weighted by Crippen LogP contribution is 1.99. The third kappa shape index (κ3) is 2.03. The molecule has 48 valence electrons. The molecule has 0 aromatic rings. The topological polar surface area (TPSA) is 35.1 Å². The Bertz CT molecular complexity index is 61.4.